The second-order valence-corrected chi connectivity index (χ2v) is 5.01. The van der Waals surface area contributed by atoms with Crippen LogP contribution in [0.2, 0.25) is 0 Å². The summed E-state index contributed by atoms with van der Waals surface area (Å²) in [5.74, 6) is 0.244. The molecule has 0 radical (unpaired) electrons. The number of nitrogens with zero attached hydrogens (tertiary/aromatic N) is 1. The van der Waals surface area contributed by atoms with E-state index in [0.29, 0.717) is 16.8 Å². The first-order valence-corrected chi connectivity index (χ1v) is 6.58. The average molecular weight is 281 g/mol. The lowest BCUT2D eigenvalue weighted by Gasteiger charge is -2.06. The van der Waals surface area contributed by atoms with Gasteiger partial charge in [0.15, 0.2) is 0 Å². The van der Waals surface area contributed by atoms with Gasteiger partial charge >= 0.3 is 0 Å². The van der Waals surface area contributed by atoms with Gasteiger partial charge in [0.25, 0.3) is 0 Å². The van der Waals surface area contributed by atoms with Crippen LogP contribution < -0.4 is 11.3 Å². The molecule has 21 heavy (non-hydrogen) atoms. The number of nitrogens with one attached hydrogen (secondary N) is 1. The van der Waals surface area contributed by atoms with Crippen molar-refractivity contribution in [2.24, 2.45) is 0 Å². The van der Waals surface area contributed by atoms with Crippen LogP contribution >= 0.6 is 0 Å². The number of hydrogen-bond acceptors (Lipinski definition) is 4. The molecule has 3 N–H and O–H groups in total. The molecule has 1 aromatic carbocycles. The molecule has 3 aromatic rings. The molecular formula is C16H15N3O2. The molecule has 0 saturated carbocycles. The minimum absolute atomic E-state index is 0.194. The average Bonchev–Trinajstić information content (AvgIpc) is 2.84. The molecule has 0 aliphatic carbocycles. The summed E-state index contributed by atoms with van der Waals surface area (Å²) in [6, 6.07) is 9.28. The first-order chi connectivity index (χ1) is 10.1. The fourth-order valence-corrected chi connectivity index (χ4v) is 2.27. The highest BCUT2D eigenvalue weighted by Crippen LogP contribution is 2.36. The normalized spacial score (nSPS) is 10.8. The summed E-state index contributed by atoms with van der Waals surface area (Å²) in [6.45, 7) is 4.09. The molecule has 0 aliphatic heterocycles. The van der Waals surface area contributed by atoms with Gasteiger partial charge in [-0.05, 0) is 36.6 Å². The van der Waals surface area contributed by atoms with Gasteiger partial charge in [-0.3, -0.25) is 4.79 Å². The Kier molecular flexibility index (Phi) is 3.10. The number of aromatic amines is 1. The topological polar surface area (TPSA) is 84.9 Å². The Hall–Kier alpha value is -2.82. The fourth-order valence-electron chi connectivity index (χ4n) is 2.27. The maximum atomic E-state index is 11.5. The van der Waals surface area contributed by atoms with E-state index in [1.54, 1.807) is 12.3 Å². The van der Waals surface area contributed by atoms with Gasteiger partial charge in [-0.2, -0.15) is 0 Å². The summed E-state index contributed by atoms with van der Waals surface area (Å²) >= 11 is 0. The highest BCUT2D eigenvalue weighted by molar-refractivity contribution is 5.86. The number of nitrogen functional groups attached to an aromatic ring is 1. The Morgan fingerprint density at radius 2 is 1.90 bits per heavy atom. The Morgan fingerprint density at radius 1 is 1.10 bits per heavy atom. The van der Waals surface area contributed by atoms with E-state index in [1.807, 2.05) is 32.0 Å². The molecule has 0 spiro atoms. The van der Waals surface area contributed by atoms with Crippen LogP contribution in [0.1, 0.15) is 11.1 Å². The Bertz CT molecular complexity index is 862. The number of anilines is 1. The molecular weight excluding hydrogens is 266 g/mol. The Labute approximate surface area is 121 Å². The van der Waals surface area contributed by atoms with Crippen LogP contribution in [0.3, 0.4) is 0 Å². The van der Waals surface area contributed by atoms with Gasteiger partial charge in [0.1, 0.15) is 5.69 Å². The van der Waals surface area contributed by atoms with Gasteiger partial charge in [0.05, 0.1) is 5.56 Å². The molecule has 106 valence electrons. The Morgan fingerprint density at radius 3 is 2.62 bits per heavy atom. The van der Waals surface area contributed by atoms with Crippen LogP contribution in [-0.4, -0.2) is 10.1 Å². The lowest BCUT2D eigenvalue weighted by Crippen LogP contribution is -2.02. The lowest BCUT2D eigenvalue weighted by molar-refractivity contribution is 0.439. The van der Waals surface area contributed by atoms with Crippen LogP contribution in [0.15, 0.2) is 45.8 Å². The minimum atomic E-state index is -0.194. The van der Waals surface area contributed by atoms with Gasteiger partial charge < -0.3 is 15.2 Å². The van der Waals surface area contributed by atoms with Gasteiger partial charge in [0.2, 0.25) is 11.4 Å². The van der Waals surface area contributed by atoms with E-state index in [2.05, 4.69) is 10.1 Å². The minimum Gasteiger partial charge on any atom is -0.367 e. The summed E-state index contributed by atoms with van der Waals surface area (Å²) in [5, 5.41) is 4.00. The second kappa shape index (κ2) is 4.94. The third-order valence-corrected chi connectivity index (χ3v) is 3.56. The molecule has 5 heteroatoms. The number of rotatable bonds is 2. The molecule has 0 bridgehead atoms. The van der Waals surface area contributed by atoms with E-state index in [1.165, 1.54) is 11.6 Å². The van der Waals surface area contributed by atoms with Gasteiger partial charge in [-0.15, -0.1) is 0 Å². The summed E-state index contributed by atoms with van der Waals surface area (Å²) in [4.78, 5) is 14.1. The largest absolute Gasteiger partial charge is 0.367 e. The highest BCUT2D eigenvalue weighted by Gasteiger charge is 2.18. The van der Waals surface area contributed by atoms with E-state index in [9.17, 15) is 4.79 Å². The second-order valence-electron chi connectivity index (χ2n) is 5.01. The number of nitrogens with two attached hydrogens (primary N) is 1. The van der Waals surface area contributed by atoms with Crippen LogP contribution in [0.25, 0.3) is 22.4 Å². The van der Waals surface area contributed by atoms with Crippen molar-refractivity contribution in [3.63, 3.8) is 0 Å². The molecule has 0 fully saturated rings. The molecule has 0 unspecified atom stereocenters. The van der Waals surface area contributed by atoms with Crippen molar-refractivity contribution in [1.82, 2.24) is 10.1 Å². The zero-order valence-electron chi connectivity index (χ0n) is 11.8. The van der Waals surface area contributed by atoms with E-state index in [0.717, 1.165) is 11.1 Å². The van der Waals surface area contributed by atoms with Crippen molar-refractivity contribution >= 4 is 5.88 Å². The summed E-state index contributed by atoms with van der Waals surface area (Å²) < 4.78 is 5.13. The summed E-state index contributed by atoms with van der Waals surface area (Å²) in [5.41, 5.74) is 11.0. The molecule has 0 amide bonds. The first-order valence-electron chi connectivity index (χ1n) is 6.58. The number of benzene rings is 1. The maximum Gasteiger partial charge on any atom is 0.248 e. The maximum absolute atomic E-state index is 11.5. The van der Waals surface area contributed by atoms with Gasteiger partial charge in [-0.25, -0.2) is 0 Å². The molecule has 2 aromatic heterocycles. The quantitative estimate of drug-likeness (QED) is 0.756. The lowest BCUT2D eigenvalue weighted by atomic mass is 9.98. The number of hydrogen-bond donors (Lipinski definition) is 2. The molecule has 0 aliphatic rings. The van der Waals surface area contributed by atoms with Crippen molar-refractivity contribution in [3.05, 3.63) is 58.0 Å². The smallest absolute Gasteiger partial charge is 0.248 e. The van der Waals surface area contributed by atoms with Crippen LogP contribution in [0, 0.1) is 13.8 Å². The van der Waals surface area contributed by atoms with Gasteiger partial charge in [0, 0.05) is 17.8 Å². The third-order valence-electron chi connectivity index (χ3n) is 3.56. The van der Waals surface area contributed by atoms with Crippen molar-refractivity contribution in [2.75, 3.05) is 5.73 Å². The van der Waals surface area contributed by atoms with Crippen molar-refractivity contribution in [2.45, 2.75) is 13.8 Å². The monoisotopic (exact) mass is 281 g/mol. The molecule has 2 heterocycles. The first kappa shape index (κ1) is 13.2. The highest BCUT2D eigenvalue weighted by atomic mass is 16.5. The van der Waals surface area contributed by atoms with E-state index in [4.69, 9.17) is 10.3 Å². The standard InChI is InChI=1S/C16H15N3O2/c1-9-3-4-11(7-10(9)2)14-15(19-21-16(14)17)12-5-6-18-13(20)8-12/h3-8H,17H2,1-2H3,(H,18,20). The Balaban J connectivity index is 2.21. The summed E-state index contributed by atoms with van der Waals surface area (Å²) in [6.07, 6.45) is 1.58. The van der Waals surface area contributed by atoms with Gasteiger partial charge in [-0.1, -0.05) is 23.4 Å². The van der Waals surface area contributed by atoms with E-state index >= 15 is 0 Å². The van der Waals surface area contributed by atoms with Crippen LogP contribution in [0.4, 0.5) is 5.88 Å². The number of H-pyrrole nitrogens is 1. The zero-order valence-corrected chi connectivity index (χ0v) is 11.8. The molecule has 0 atom stereocenters. The summed E-state index contributed by atoms with van der Waals surface area (Å²) in [7, 11) is 0. The predicted octanol–water partition coefficient (Wildman–Crippen LogP) is 2.90. The predicted molar refractivity (Wildman–Crippen MR) is 81.9 cm³/mol. The number of aromatic nitrogens is 2. The van der Waals surface area contributed by atoms with E-state index in [-0.39, 0.29) is 11.4 Å². The van der Waals surface area contributed by atoms with Crippen molar-refractivity contribution in [1.29, 1.82) is 0 Å². The van der Waals surface area contributed by atoms with Crippen LogP contribution in [0.5, 0.6) is 0 Å². The van der Waals surface area contributed by atoms with E-state index < -0.39 is 0 Å². The fraction of sp³-hybridized carbons (Fsp3) is 0.125. The van der Waals surface area contributed by atoms with Crippen molar-refractivity contribution < 1.29 is 4.52 Å². The SMILES string of the molecule is Cc1ccc(-c2c(-c3cc[nH]c(=O)c3)noc2N)cc1C. The number of aryl methyl sites for hydroxylation is 2. The zero-order chi connectivity index (χ0) is 15.0. The number of pyridine rings is 1. The molecule has 3 rings (SSSR count). The van der Waals surface area contributed by atoms with Crippen molar-refractivity contribution in [3.8, 4) is 22.4 Å². The molecule has 0 saturated heterocycles. The molecule has 5 nitrogen and oxygen atoms in total. The third kappa shape index (κ3) is 2.33. The van der Waals surface area contributed by atoms with Crippen LogP contribution in [-0.2, 0) is 0 Å².